The summed E-state index contributed by atoms with van der Waals surface area (Å²) in [6.07, 6.45) is 0. The number of thioether (sulfide) groups is 1. The average Bonchev–Trinajstić information content (AvgIpc) is 2.83. The van der Waals surface area contributed by atoms with E-state index in [4.69, 9.17) is 4.98 Å². The third kappa shape index (κ3) is 4.52. The summed E-state index contributed by atoms with van der Waals surface area (Å²) in [4.78, 5) is 32.8. The molecule has 0 saturated carbocycles. The maximum Gasteiger partial charge on any atom is 0.266 e. The fraction of sp³-hybridized carbons (Fsp3) is 0.154. The van der Waals surface area contributed by atoms with Crippen molar-refractivity contribution in [2.75, 3.05) is 17.2 Å². The Labute approximate surface area is 196 Å². The van der Waals surface area contributed by atoms with Gasteiger partial charge in [-0.3, -0.25) is 19.1 Å². The van der Waals surface area contributed by atoms with Gasteiger partial charge in [0.25, 0.3) is 5.56 Å². The second kappa shape index (κ2) is 9.72. The van der Waals surface area contributed by atoms with Crippen molar-refractivity contribution in [3.05, 3.63) is 94.3 Å². The quantitative estimate of drug-likeness (QED) is 0.241. The minimum Gasteiger partial charge on any atom is -0.298 e. The van der Waals surface area contributed by atoms with Gasteiger partial charge in [0, 0.05) is 5.69 Å². The van der Waals surface area contributed by atoms with Gasteiger partial charge in [-0.2, -0.15) is 5.26 Å². The molecular formula is C26H22N4O2S. The van der Waals surface area contributed by atoms with Crippen molar-refractivity contribution >= 4 is 34.3 Å². The van der Waals surface area contributed by atoms with Crippen LogP contribution in [0.1, 0.15) is 11.1 Å². The van der Waals surface area contributed by atoms with E-state index in [9.17, 15) is 14.9 Å². The van der Waals surface area contributed by atoms with Crippen molar-refractivity contribution in [1.82, 2.24) is 9.55 Å². The molecule has 1 aromatic heterocycles. The first-order valence-electron chi connectivity index (χ1n) is 10.4. The van der Waals surface area contributed by atoms with Crippen LogP contribution in [0.25, 0.3) is 16.6 Å². The van der Waals surface area contributed by atoms with Gasteiger partial charge in [-0.05, 0) is 49.2 Å². The Morgan fingerprint density at radius 1 is 1.00 bits per heavy atom. The molecule has 164 valence electrons. The number of para-hydroxylation sites is 3. The van der Waals surface area contributed by atoms with Gasteiger partial charge < -0.3 is 0 Å². The van der Waals surface area contributed by atoms with E-state index in [1.165, 1.54) is 16.7 Å². The number of hydrogen-bond acceptors (Lipinski definition) is 5. The smallest absolute Gasteiger partial charge is 0.266 e. The van der Waals surface area contributed by atoms with Gasteiger partial charge in [-0.25, -0.2) is 4.98 Å². The molecule has 0 fully saturated rings. The molecule has 0 bridgehead atoms. The zero-order valence-electron chi connectivity index (χ0n) is 18.4. The summed E-state index contributed by atoms with van der Waals surface area (Å²) >= 11 is 1.20. The van der Waals surface area contributed by atoms with E-state index in [2.05, 4.69) is 6.07 Å². The van der Waals surface area contributed by atoms with Crippen molar-refractivity contribution < 1.29 is 4.79 Å². The fourth-order valence-electron chi connectivity index (χ4n) is 3.77. The molecule has 1 amide bonds. The zero-order chi connectivity index (χ0) is 23.4. The highest BCUT2D eigenvalue weighted by Crippen LogP contribution is 2.26. The first-order valence-corrected chi connectivity index (χ1v) is 11.4. The van der Waals surface area contributed by atoms with Crippen LogP contribution in [0, 0.1) is 25.2 Å². The lowest BCUT2D eigenvalue weighted by atomic mass is 10.1. The molecule has 0 saturated heterocycles. The van der Waals surface area contributed by atoms with E-state index >= 15 is 0 Å². The molecule has 6 nitrogen and oxygen atoms in total. The number of fused-ring (bicyclic) bond motifs is 1. The molecule has 1 heterocycles. The molecule has 0 aliphatic rings. The number of aromatic nitrogens is 2. The Morgan fingerprint density at radius 2 is 1.67 bits per heavy atom. The average molecular weight is 455 g/mol. The number of amides is 1. The van der Waals surface area contributed by atoms with E-state index in [0.29, 0.717) is 21.7 Å². The van der Waals surface area contributed by atoms with Crippen molar-refractivity contribution in [3.8, 4) is 11.8 Å². The third-order valence-corrected chi connectivity index (χ3v) is 6.25. The largest absolute Gasteiger partial charge is 0.298 e. The molecule has 0 atom stereocenters. The van der Waals surface area contributed by atoms with Crippen molar-refractivity contribution in [2.24, 2.45) is 0 Å². The van der Waals surface area contributed by atoms with Gasteiger partial charge in [0.15, 0.2) is 5.16 Å². The number of nitrogens with zero attached hydrogens (tertiary/aromatic N) is 4. The predicted molar refractivity (Wildman–Crippen MR) is 132 cm³/mol. The summed E-state index contributed by atoms with van der Waals surface area (Å²) in [5.74, 6) is -0.199. The molecule has 0 radical (unpaired) electrons. The lowest BCUT2D eigenvalue weighted by molar-refractivity contribution is -0.116. The number of rotatable bonds is 6. The van der Waals surface area contributed by atoms with Gasteiger partial charge >= 0.3 is 0 Å². The van der Waals surface area contributed by atoms with Crippen molar-refractivity contribution in [1.29, 1.82) is 5.26 Å². The zero-order valence-corrected chi connectivity index (χ0v) is 19.2. The first kappa shape index (κ1) is 22.3. The van der Waals surface area contributed by atoms with Crippen LogP contribution in [0.2, 0.25) is 0 Å². The van der Waals surface area contributed by atoms with E-state index in [1.54, 1.807) is 28.8 Å². The molecule has 0 spiro atoms. The molecule has 0 aliphatic carbocycles. The monoisotopic (exact) mass is 454 g/mol. The maximum atomic E-state index is 13.5. The van der Waals surface area contributed by atoms with E-state index in [0.717, 1.165) is 16.8 Å². The second-order valence-electron chi connectivity index (χ2n) is 7.55. The number of aryl methyl sites for hydroxylation is 2. The molecular weight excluding hydrogens is 432 g/mol. The highest BCUT2D eigenvalue weighted by molar-refractivity contribution is 7.99. The van der Waals surface area contributed by atoms with E-state index in [-0.39, 0.29) is 23.8 Å². The summed E-state index contributed by atoms with van der Waals surface area (Å²) in [7, 11) is 0. The van der Waals surface area contributed by atoms with Gasteiger partial charge in [-0.15, -0.1) is 0 Å². The Bertz CT molecular complexity index is 1400. The number of carbonyl (C=O) groups excluding carboxylic acids is 1. The predicted octanol–water partition coefficient (Wildman–Crippen LogP) is 4.65. The first-order chi connectivity index (χ1) is 16.0. The Balaban J connectivity index is 1.77. The highest BCUT2D eigenvalue weighted by atomic mass is 32.2. The minimum absolute atomic E-state index is 0.0340. The minimum atomic E-state index is -0.233. The van der Waals surface area contributed by atoms with Crippen molar-refractivity contribution in [3.63, 3.8) is 0 Å². The molecule has 0 aliphatic heterocycles. The number of carbonyl (C=O) groups is 1. The summed E-state index contributed by atoms with van der Waals surface area (Å²) in [5.41, 5.74) is 3.72. The lowest BCUT2D eigenvalue weighted by Gasteiger charge is -2.20. The molecule has 0 unspecified atom stereocenters. The van der Waals surface area contributed by atoms with Crippen LogP contribution < -0.4 is 10.5 Å². The molecule has 7 heteroatoms. The second-order valence-corrected chi connectivity index (χ2v) is 8.50. The van der Waals surface area contributed by atoms with Crippen LogP contribution in [-0.2, 0) is 4.79 Å². The maximum absolute atomic E-state index is 13.5. The number of anilines is 1. The SMILES string of the molecule is Cc1cccc(C)c1-n1c(SCC(=O)N(CC#N)c2ccccc2)nc2ccccc2c1=O. The molecule has 4 rings (SSSR count). The summed E-state index contributed by atoms with van der Waals surface area (Å²) in [6, 6.07) is 24.2. The molecule has 0 N–H and O–H groups in total. The number of benzene rings is 3. The van der Waals surface area contributed by atoms with Crippen molar-refractivity contribution in [2.45, 2.75) is 19.0 Å². The van der Waals surface area contributed by atoms with Crippen LogP contribution in [-0.4, -0.2) is 27.8 Å². The van der Waals surface area contributed by atoms with Gasteiger partial charge in [0.1, 0.15) is 6.54 Å². The van der Waals surface area contributed by atoms with Gasteiger partial charge in [0.2, 0.25) is 5.91 Å². The van der Waals surface area contributed by atoms with E-state index < -0.39 is 0 Å². The lowest BCUT2D eigenvalue weighted by Crippen LogP contribution is -2.33. The number of nitriles is 1. The summed E-state index contributed by atoms with van der Waals surface area (Å²) < 4.78 is 1.60. The van der Waals surface area contributed by atoms with Gasteiger partial charge in [-0.1, -0.05) is 60.3 Å². The normalized spacial score (nSPS) is 10.7. The molecule has 3 aromatic carbocycles. The molecule has 4 aromatic rings. The fourth-order valence-corrected chi connectivity index (χ4v) is 4.65. The Hall–Kier alpha value is -3.89. The topological polar surface area (TPSA) is 79.0 Å². The molecule has 33 heavy (non-hydrogen) atoms. The standard InChI is InChI=1S/C26H22N4O2S/c1-18-9-8-10-19(2)24(18)30-25(32)21-13-6-7-14-22(21)28-26(30)33-17-23(31)29(16-15-27)20-11-4-3-5-12-20/h3-14H,16-17H2,1-2H3. The van der Waals surface area contributed by atoms with Crippen LogP contribution in [0.15, 0.2) is 82.7 Å². The summed E-state index contributed by atoms with van der Waals surface area (Å²) in [6.45, 7) is 3.85. The summed E-state index contributed by atoms with van der Waals surface area (Å²) in [5, 5.41) is 10.2. The Morgan fingerprint density at radius 3 is 2.36 bits per heavy atom. The highest BCUT2D eigenvalue weighted by Gasteiger charge is 2.20. The van der Waals surface area contributed by atoms with Crippen LogP contribution >= 0.6 is 11.8 Å². The van der Waals surface area contributed by atoms with E-state index in [1.807, 2.05) is 62.4 Å². The number of hydrogen-bond donors (Lipinski definition) is 0. The van der Waals surface area contributed by atoms with Gasteiger partial charge in [0.05, 0.1) is 28.4 Å². The van der Waals surface area contributed by atoms with Crippen LogP contribution in [0.4, 0.5) is 5.69 Å². The van der Waals surface area contributed by atoms with Crippen LogP contribution in [0.5, 0.6) is 0 Å². The third-order valence-electron chi connectivity index (χ3n) is 5.33. The Kier molecular flexibility index (Phi) is 6.57. The van der Waals surface area contributed by atoms with Crippen LogP contribution in [0.3, 0.4) is 0 Å².